The molecule has 0 spiro atoms. The number of rotatable bonds is 2. The Labute approximate surface area is 81.8 Å². The van der Waals surface area contributed by atoms with E-state index in [1.165, 1.54) is 0 Å². The van der Waals surface area contributed by atoms with Gasteiger partial charge in [-0.1, -0.05) is 17.7 Å². The minimum absolute atomic E-state index is 0.378. The molecular formula is C8H9ClO3S. The Morgan fingerprint density at radius 3 is 2.54 bits per heavy atom. The largest absolute Gasteiger partial charge is 0.265 e. The number of hydrogen-bond donors (Lipinski definition) is 0. The zero-order valence-corrected chi connectivity index (χ0v) is 8.55. The molecule has 13 heavy (non-hydrogen) atoms. The van der Waals surface area contributed by atoms with Crippen LogP contribution in [0.3, 0.4) is 0 Å². The molecule has 5 heteroatoms. The predicted octanol–water partition coefficient (Wildman–Crippen LogP) is 0.960. The Morgan fingerprint density at radius 1 is 1.38 bits per heavy atom. The van der Waals surface area contributed by atoms with E-state index in [2.05, 4.69) is 0 Å². The summed E-state index contributed by atoms with van der Waals surface area (Å²) in [6, 6.07) is 0. The summed E-state index contributed by atoms with van der Waals surface area (Å²) in [4.78, 5) is 0. The molecule has 0 amide bonds. The van der Waals surface area contributed by atoms with Crippen molar-refractivity contribution in [3.05, 3.63) is 11.1 Å². The third-order valence-electron chi connectivity index (χ3n) is 3.19. The summed E-state index contributed by atoms with van der Waals surface area (Å²) in [5.41, 5.74) is 0. The van der Waals surface area contributed by atoms with Crippen molar-refractivity contribution in [2.45, 2.75) is 6.10 Å². The highest BCUT2D eigenvalue weighted by Gasteiger charge is 2.77. The van der Waals surface area contributed by atoms with E-state index < -0.39 is 10.1 Å². The van der Waals surface area contributed by atoms with Crippen molar-refractivity contribution in [3.63, 3.8) is 0 Å². The van der Waals surface area contributed by atoms with Gasteiger partial charge in [-0.3, -0.25) is 4.18 Å². The minimum atomic E-state index is -3.38. The fraction of sp³-hybridized carbons (Fsp3) is 0.750. The van der Waals surface area contributed by atoms with Crippen LogP contribution in [0.4, 0.5) is 0 Å². The van der Waals surface area contributed by atoms with Gasteiger partial charge in [-0.25, -0.2) is 0 Å². The van der Waals surface area contributed by atoms with Crippen molar-refractivity contribution in [1.82, 2.24) is 0 Å². The van der Waals surface area contributed by atoms with E-state index in [9.17, 15) is 8.42 Å². The van der Waals surface area contributed by atoms with E-state index >= 15 is 0 Å². The van der Waals surface area contributed by atoms with Gasteiger partial charge in [0.15, 0.2) is 0 Å². The zero-order chi connectivity index (χ0) is 9.38. The van der Waals surface area contributed by atoms with Crippen LogP contribution in [0, 0.1) is 23.7 Å². The Balaban J connectivity index is 1.84. The summed E-state index contributed by atoms with van der Waals surface area (Å²) in [5.74, 6) is 2.37. The molecule has 0 heterocycles. The van der Waals surface area contributed by atoms with Gasteiger partial charge in [0.05, 0.1) is 6.26 Å². The second kappa shape index (κ2) is 2.12. The van der Waals surface area contributed by atoms with Gasteiger partial charge in [0.25, 0.3) is 10.1 Å². The molecule has 3 unspecified atom stereocenters. The fourth-order valence-corrected chi connectivity index (χ4v) is 3.52. The lowest BCUT2D eigenvalue weighted by atomic mass is 9.93. The first-order valence-corrected chi connectivity index (χ1v) is 6.44. The highest BCUT2D eigenvalue weighted by molar-refractivity contribution is 7.86. The van der Waals surface area contributed by atoms with Crippen molar-refractivity contribution >= 4 is 21.7 Å². The molecule has 0 radical (unpaired) electrons. The van der Waals surface area contributed by atoms with Crippen molar-refractivity contribution < 1.29 is 12.6 Å². The maximum Gasteiger partial charge on any atom is 0.265 e. The molecule has 4 aliphatic rings. The van der Waals surface area contributed by atoms with Crippen molar-refractivity contribution in [1.29, 1.82) is 0 Å². The normalized spacial score (nSPS) is 50.9. The fourth-order valence-electron chi connectivity index (χ4n) is 2.52. The van der Waals surface area contributed by atoms with E-state index in [1.807, 2.05) is 6.08 Å². The van der Waals surface area contributed by atoms with Gasteiger partial charge in [-0.2, -0.15) is 8.42 Å². The lowest BCUT2D eigenvalue weighted by Crippen LogP contribution is -2.28. The summed E-state index contributed by atoms with van der Waals surface area (Å²) in [6.07, 6.45) is 2.64. The lowest BCUT2D eigenvalue weighted by Gasteiger charge is -2.25. The van der Waals surface area contributed by atoms with Crippen LogP contribution < -0.4 is 0 Å². The molecule has 2 fully saturated rings. The minimum Gasteiger partial charge on any atom is -0.261 e. The maximum absolute atomic E-state index is 10.9. The summed E-state index contributed by atoms with van der Waals surface area (Å²) in [7, 11) is -3.38. The number of allylic oxidation sites excluding steroid dienone is 1. The molecule has 2 bridgehead atoms. The molecule has 4 aliphatic carbocycles. The van der Waals surface area contributed by atoms with Crippen LogP contribution in [0.5, 0.6) is 0 Å². The quantitative estimate of drug-likeness (QED) is 0.651. The number of halogens is 1. The highest BCUT2D eigenvalue weighted by Crippen LogP contribution is 2.78. The maximum atomic E-state index is 10.9. The van der Waals surface area contributed by atoms with Gasteiger partial charge in [-0.15, -0.1) is 0 Å². The van der Waals surface area contributed by atoms with Gasteiger partial charge in [0.2, 0.25) is 0 Å². The van der Waals surface area contributed by atoms with Crippen LogP contribution in [0.2, 0.25) is 0 Å². The molecule has 4 rings (SSSR count). The summed E-state index contributed by atoms with van der Waals surface area (Å²) in [5, 5.41) is 0.574. The standard InChI is InChI=1S/C8H9ClO3S/c1-13(10,11)12-8-4(9)2-3-5-6(3)7(5)8/h2-3,5-8H,1H3. The van der Waals surface area contributed by atoms with E-state index in [4.69, 9.17) is 15.8 Å². The third-order valence-corrected chi connectivity index (χ3v) is 4.09. The molecule has 0 aromatic rings. The topological polar surface area (TPSA) is 43.4 Å². The van der Waals surface area contributed by atoms with E-state index in [1.54, 1.807) is 0 Å². The summed E-state index contributed by atoms with van der Waals surface area (Å²) < 4.78 is 26.8. The Kier molecular flexibility index (Phi) is 1.35. The van der Waals surface area contributed by atoms with Crippen LogP contribution in [0.1, 0.15) is 0 Å². The Bertz CT molecular complexity index is 390. The van der Waals surface area contributed by atoms with Gasteiger partial charge in [0, 0.05) is 5.03 Å². The number of hydrogen-bond acceptors (Lipinski definition) is 3. The predicted molar refractivity (Wildman–Crippen MR) is 47.6 cm³/mol. The van der Waals surface area contributed by atoms with E-state index in [0.717, 1.165) is 6.26 Å². The molecule has 2 saturated carbocycles. The average molecular weight is 221 g/mol. The summed E-state index contributed by atoms with van der Waals surface area (Å²) in [6.45, 7) is 0. The number of fused-ring (bicyclic) bond motifs is 1. The molecule has 72 valence electrons. The van der Waals surface area contributed by atoms with Crippen LogP contribution in [-0.4, -0.2) is 20.8 Å². The van der Waals surface area contributed by atoms with Crippen molar-refractivity contribution in [3.8, 4) is 0 Å². The molecular weight excluding hydrogens is 212 g/mol. The first kappa shape index (κ1) is 8.26. The second-order valence-electron chi connectivity index (χ2n) is 4.08. The molecule has 0 aromatic heterocycles. The third kappa shape index (κ3) is 1.09. The highest BCUT2D eigenvalue weighted by atomic mass is 35.5. The second-order valence-corrected chi connectivity index (χ2v) is 6.12. The lowest BCUT2D eigenvalue weighted by molar-refractivity contribution is 0.185. The first-order valence-electron chi connectivity index (χ1n) is 4.24. The average Bonchev–Trinajstić information content (AvgIpc) is 2.77. The molecule has 0 saturated heterocycles. The first-order chi connectivity index (χ1) is 5.99. The van der Waals surface area contributed by atoms with Crippen molar-refractivity contribution in [2.24, 2.45) is 23.7 Å². The molecule has 0 aromatic carbocycles. The zero-order valence-electron chi connectivity index (χ0n) is 6.98. The van der Waals surface area contributed by atoms with E-state index in [0.29, 0.717) is 28.7 Å². The van der Waals surface area contributed by atoms with Crippen LogP contribution in [-0.2, 0) is 14.3 Å². The van der Waals surface area contributed by atoms with Gasteiger partial charge in [0.1, 0.15) is 6.10 Å². The summed E-state index contributed by atoms with van der Waals surface area (Å²) >= 11 is 5.90. The van der Waals surface area contributed by atoms with Gasteiger partial charge in [-0.05, 0) is 23.7 Å². The molecule has 0 N–H and O–H groups in total. The van der Waals surface area contributed by atoms with Crippen LogP contribution in [0.25, 0.3) is 0 Å². The SMILES string of the molecule is CS(=O)(=O)OC1C(Cl)=CC2C3C1C23. The van der Waals surface area contributed by atoms with Gasteiger partial charge >= 0.3 is 0 Å². The van der Waals surface area contributed by atoms with E-state index in [-0.39, 0.29) is 6.10 Å². The Morgan fingerprint density at radius 2 is 2.00 bits per heavy atom. The Hall–Kier alpha value is -0.0600. The van der Waals surface area contributed by atoms with Crippen molar-refractivity contribution in [2.75, 3.05) is 6.26 Å². The molecule has 3 atom stereocenters. The molecule has 3 nitrogen and oxygen atoms in total. The van der Waals surface area contributed by atoms with Gasteiger partial charge < -0.3 is 0 Å². The van der Waals surface area contributed by atoms with Crippen LogP contribution >= 0.6 is 11.6 Å². The molecule has 0 aliphatic heterocycles. The monoisotopic (exact) mass is 220 g/mol. The smallest absolute Gasteiger partial charge is 0.261 e. The van der Waals surface area contributed by atoms with Crippen LogP contribution in [0.15, 0.2) is 11.1 Å².